The number of nitrogens with zero attached hydrogens (tertiary/aromatic N) is 1. The van der Waals surface area contributed by atoms with Crippen LogP contribution in [0.4, 0.5) is 10.5 Å². The van der Waals surface area contributed by atoms with Crippen molar-refractivity contribution in [3.63, 3.8) is 0 Å². The molecule has 0 atom stereocenters. The molecule has 0 spiro atoms. The van der Waals surface area contributed by atoms with Crippen molar-refractivity contribution < 1.29 is 22.7 Å². The summed E-state index contributed by atoms with van der Waals surface area (Å²) >= 11 is 0. The van der Waals surface area contributed by atoms with E-state index in [-0.39, 0.29) is 24.7 Å². The van der Waals surface area contributed by atoms with Gasteiger partial charge in [-0.15, -0.1) is 0 Å². The maximum atomic E-state index is 11.7. The third-order valence-electron chi connectivity index (χ3n) is 1.92. The fourth-order valence-electron chi connectivity index (χ4n) is 1.23. The lowest BCUT2D eigenvalue weighted by Gasteiger charge is -2.12. The molecule has 0 aromatic heterocycles. The van der Waals surface area contributed by atoms with Gasteiger partial charge in [0, 0.05) is 0 Å². The van der Waals surface area contributed by atoms with Crippen molar-refractivity contribution in [3.8, 4) is 11.8 Å². The van der Waals surface area contributed by atoms with E-state index in [0.29, 0.717) is 0 Å². The summed E-state index contributed by atoms with van der Waals surface area (Å²) < 4.78 is 36.6. The molecule has 1 aromatic rings. The summed E-state index contributed by atoms with van der Waals surface area (Å²) in [7, 11) is -4.14. The Labute approximate surface area is 116 Å². The highest BCUT2D eigenvalue weighted by molar-refractivity contribution is 7.91. The Kier molecular flexibility index (Phi) is 5.61. The molecule has 0 unspecified atom stereocenters. The highest BCUT2D eigenvalue weighted by Gasteiger charge is 2.17. The number of ether oxygens (including phenoxy) is 2. The summed E-state index contributed by atoms with van der Waals surface area (Å²) in [4.78, 5) is 11.1. The second kappa shape index (κ2) is 7.20. The van der Waals surface area contributed by atoms with Gasteiger partial charge < -0.3 is 9.47 Å². The molecular formula is C11H13N3O5S. The van der Waals surface area contributed by atoms with Gasteiger partial charge in [-0.2, -0.15) is 13.7 Å². The molecule has 0 fully saturated rings. The van der Waals surface area contributed by atoms with Gasteiger partial charge in [-0.25, -0.2) is 9.52 Å². The minimum Gasteiger partial charge on any atom is -0.477 e. The highest BCUT2D eigenvalue weighted by atomic mass is 32.2. The summed E-state index contributed by atoms with van der Waals surface area (Å²) in [6, 6.07) is 7.86. The number of hydrogen-bond donors (Lipinski definition) is 2. The molecule has 0 radical (unpaired) electrons. The zero-order valence-corrected chi connectivity index (χ0v) is 11.4. The van der Waals surface area contributed by atoms with E-state index in [2.05, 4.69) is 9.46 Å². The molecule has 1 rings (SSSR count). The molecule has 0 saturated carbocycles. The zero-order chi connectivity index (χ0) is 15.0. The zero-order valence-electron chi connectivity index (χ0n) is 10.6. The van der Waals surface area contributed by atoms with Crippen molar-refractivity contribution in [1.82, 2.24) is 4.72 Å². The maximum absolute atomic E-state index is 11.7. The van der Waals surface area contributed by atoms with Crippen LogP contribution in [-0.2, 0) is 14.9 Å². The van der Waals surface area contributed by atoms with Gasteiger partial charge in [0.1, 0.15) is 11.8 Å². The Morgan fingerprint density at radius 1 is 1.40 bits per heavy atom. The monoisotopic (exact) mass is 299 g/mol. The number of nitriles is 1. The van der Waals surface area contributed by atoms with Crippen LogP contribution >= 0.6 is 0 Å². The molecule has 9 heteroatoms. The number of carbonyl (C=O) groups is 1. The van der Waals surface area contributed by atoms with Crippen LogP contribution in [0.2, 0.25) is 0 Å². The molecule has 0 saturated heterocycles. The number of para-hydroxylation sites is 2. The normalized spacial score (nSPS) is 10.2. The lowest BCUT2D eigenvalue weighted by molar-refractivity contribution is 0.159. The first-order valence-corrected chi connectivity index (χ1v) is 7.03. The number of anilines is 1. The van der Waals surface area contributed by atoms with Gasteiger partial charge in [-0.1, -0.05) is 12.1 Å². The number of nitrogens with one attached hydrogen (secondary N) is 2. The second-order valence-electron chi connectivity index (χ2n) is 3.37. The van der Waals surface area contributed by atoms with Gasteiger partial charge in [0.25, 0.3) is 0 Å². The van der Waals surface area contributed by atoms with Crippen molar-refractivity contribution in [2.24, 2.45) is 0 Å². The molecule has 1 amide bonds. The smallest absolute Gasteiger partial charge is 0.422 e. The average molecular weight is 299 g/mol. The first-order chi connectivity index (χ1) is 9.48. The average Bonchev–Trinajstić information content (AvgIpc) is 2.36. The Balaban J connectivity index is 2.82. The first kappa shape index (κ1) is 15.6. The van der Waals surface area contributed by atoms with Crippen LogP contribution in [0.25, 0.3) is 0 Å². The van der Waals surface area contributed by atoms with E-state index in [9.17, 15) is 13.2 Å². The van der Waals surface area contributed by atoms with Crippen LogP contribution in [0.3, 0.4) is 0 Å². The van der Waals surface area contributed by atoms with Crippen LogP contribution in [0.1, 0.15) is 6.92 Å². The van der Waals surface area contributed by atoms with Crippen molar-refractivity contribution >= 4 is 22.0 Å². The van der Waals surface area contributed by atoms with Crippen molar-refractivity contribution in [2.45, 2.75) is 6.92 Å². The largest absolute Gasteiger partial charge is 0.477 e. The van der Waals surface area contributed by atoms with Gasteiger partial charge in [0.05, 0.1) is 12.3 Å². The number of hydrogen-bond acceptors (Lipinski definition) is 6. The second-order valence-corrected chi connectivity index (χ2v) is 4.79. The number of carbonyl (C=O) groups excluding carboxylic acids is 1. The third-order valence-corrected chi connectivity index (χ3v) is 2.84. The first-order valence-electron chi connectivity index (χ1n) is 5.54. The van der Waals surface area contributed by atoms with E-state index in [0.717, 1.165) is 0 Å². The molecule has 0 heterocycles. The van der Waals surface area contributed by atoms with Crippen LogP contribution < -0.4 is 14.2 Å². The standard InChI is InChI=1S/C11H13N3O5S/c1-2-18-11(15)14-20(16,17)13-9-5-3-4-6-10(9)19-8-7-12/h3-6,13H,2,8H2,1H3,(H,14,15). The molecule has 0 aliphatic heterocycles. The van der Waals surface area contributed by atoms with E-state index in [1.165, 1.54) is 12.1 Å². The predicted octanol–water partition coefficient (Wildman–Crippen LogP) is 0.992. The topological polar surface area (TPSA) is 118 Å². The van der Waals surface area contributed by atoms with Crippen molar-refractivity contribution in [3.05, 3.63) is 24.3 Å². The summed E-state index contributed by atoms with van der Waals surface area (Å²) in [5.41, 5.74) is 0.0968. The SMILES string of the molecule is CCOC(=O)NS(=O)(=O)Nc1ccccc1OCC#N. The van der Waals surface area contributed by atoms with Gasteiger partial charge in [0.2, 0.25) is 0 Å². The molecule has 1 aromatic carbocycles. The van der Waals surface area contributed by atoms with Crippen molar-refractivity contribution in [1.29, 1.82) is 5.26 Å². The van der Waals surface area contributed by atoms with Crippen LogP contribution in [-0.4, -0.2) is 27.7 Å². The highest BCUT2D eigenvalue weighted by Crippen LogP contribution is 2.24. The van der Waals surface area contributed by atoms with E-state index < -0.39 is 16.3 Å². The predicted molar refractivity (Wildman–Crippen MR) is 70.3 cm³/mol. The quantitative estimate of drug-likeness (QED) is 0.808. The van der Waals surface area contributed by atoms with Crippen LogP contribution in [0.15, 0.2) is 24.3 Å². The van der Waals surface area contributed by atoms with E-state index in [4.69, 9.17) is 10.00 Å². The van der Waals surface area contributed by atoms with E-state index >= 15 is 0 Å². The minimum absolute atomic E-state index is 0.0449. The summed E-state index contributed by atoms with van der Waals surface area (Å²) in [5, 5.41) is 8.44. The molecule has 108 valence electrons. The molecule has 0 aliphatic rings. The lowest BCUT2D eigenvalue weighted by Crippen LogP contribution is -2.35. The number of rotatable bonds is 6. The van der Waals surface area contributed by atoms with Gasteiger partial charge >= 0.3 is 16.3 Å². The van der Waals surface area contributed by atoms with Gasteiger partial charge in [0.15, 0.2) is 6.61 Å². The minimum atomic E-state index is -4.14. The molecule has 2 N–H and O–H groups in total. The van der Waals surface area contributed by atoms with Crippen LogP contribution in [0, 0.1) is 11.3 Å². The Morgan fingerprint density at radius 3 is 2.75 bits per heavy atom. The molecule has 20 heavy (non-hydrogen) atoms. The van der Waals surface area contributed by atoms with E-state index in [1.54, 1.807) is 29.8 Å². The van der Waals surface area contributed by atoms with E-state index in [1.807, 2.05) is 0 Å². The Morgan fingerprint density at radius 2 is 2.10 bits per heavy atom. The fraction of sp³-hybridized carbons (Fsp3) is 0.273. The maximum Gasteiger partial charge on any atom is 0.422 e. The van der Waals surface area contributed by atoms with Gasteiger partial charge in [-0.05, 0) is 19.1 Å². The Bertz CT molecular complexity index is 609. The van der Waals surface area contributed by atoms with Gasteiger partial charge in [-0.3, -0.25) is 4.72 Å². The number of amides is 1. The summed E-state index contributed by atoms with van der Waals surface area (Å²) in [5.74, 6) is 0.170. The van der Waals surface area contributed by atoms with Crippen LogP contribution in [0.5, 0.6) is 5.75 Å². The number of benzene rings is 1. The Hall–Kier alpha value is -2.47. The molecule has 0 aliphatic carbocycles. The summed E-state index contributed by atoms with van der Waals surface area (Å²) in [6.45, 7) is 1.36. The van der Waals surface area contributed by atoms with Crippen molar-refractivity contribution in [2.75, 3.05) is 17.9 Å². The molecule has 0 bridgehead atoms. The summed E-state index contributed by atoms with van der Waals surface area (Å²) in [6.07, 6.45) is -1.09. The third kappa shape index (κ3) is 5.03. The molecule has 8 nitrogen and oxygen atoms in total. The molecular weight excluding hydrogens is 286 g/mol. The fourth-order valence-corrected chi connectivity index (χ4v) is 2.01. The lowest BCUT2D eigenvalue weighted by atomic mass is 10.3.